The maximum atomic E-state index is 6.16. The van der Waals surface area contributed by atoms with E-state index in [0.717, 1.165) is 39.3 Å². The highest BCUT2D eigenvalue weighted by atomic mass is 79.9. The first-order chi connectivity index (χ1) is 6.70. The lowest BCUT2D eigenvalue weighted by Gasteiger charge is -2.11. The summed E-state index contributed by atoms with van der Waals surface area (Å²) in [6.07, 6.45) is 5.33. The summed E-state index contributed by atoms with van der Waals surface area (Å²) in [5, 5.41) is 4.19. The summed E-state index contributed by atoms with van der Waals surface area (Å²) < 4.78 is 0.986. The van der Waals surface area contributed by atoms with E-state index in [2.05, 4.69) is 39.5 Å². The van der Waals surface area contributed by atoms with Crippen molar-refractivity contribution in [2.45, 2.75) is 13.3 Å². The van der Waals surface area contributed by atoms with Crippen LogP contribution in [0, 0.1) is 6.92 Å². The first kappa shape index (κ1) is 10.1. The molecule has 0 spiro atoms. The molecule has 3 heteroatoms. The monoisotopic (exact) mass is 271 g/mol. The summed E-state index contributed by atoms with van der Waals surface area (Å²) in [7, 11) is 0. The van der Waals surface area contributed by atoms with E-state index in [4.69, 9.17) is 11.6 Å². The number of halogens is 2. The van der Waals surface area contributed by atoms with Crippen molar-refractivity contribution in [1.82, 2.24) is 0 Å². The molecule has 1 aliphatic rings. The fourth-order valence-corrected chi connectivity index (χ4v) is 2.38. The van der Waals surface area contributed by atoms with Crippen LogP contribution in [0.4, 0.5) is 5.69 Å². The SMILES string of the molecule is Cc1cc2c(c(Br)c1Cl)C=CCCN2. The Morgan fingerprint density at radius 1 is 1.50 bits per heavy atom. The summed E-state index contributed by atoms with van der Waals surface area (Å²) in [6.45, 7) is 3.00. The Kier molecular flexibility index (Phi) is 2.84. The van der Waals surface area contributed by atoms with Gasteiger partial charge < -0.3 is 5.32 Å². The van der Waals surface area contributed by atoms with Crippen molar-refractivity contribution in [1.29, 1.82) is 0 Å². The molecular formula is C11H11BrClN. The molecule has 0 fully saturated rings. The number of anilines is 1. The van der Waals surface area contributed by atoms with E-state index in [1.807, 2.05) is 6.92 Å². The average molecular weight is 273 g/mol. The third kappa shape index (κ3) is 1.69. The zero-order valence-electron chi connectivity index (χ0n) is 7.90. The van der Waals surface area contributed by atoms with E-state index in [1.54, 1.807) is 0 Å². The fraction of sp³-hybridized carbons (Fsp3) is 0.273. The molecule has 1 heterocycles. The van der Waals surface area contributed by atoms with E-state index in [1.165, 1.54) is 0 Å². The Bertz CT molecular complexity index is 399. The maximum Gasteiger partial charge on any atom is 0.0584 e. The number of nitrogens with one attached hydrogen (secondary N) is 1. The minimum Gasteiger partial charge on any atom is -0.384 e. The molecule has 0 radical (unpaired) electrons. The van der Waals surface area contributed by atoms with E-state index in [9.17, 15) is 0 Å². The Labute approximate surface area is 97.3 Å². The Hall–Kier alpha value is -0.470. The first-order valence-corrected chi connectivity index (χ1v) is 5.76. The number of benzene rings is 1. The van der Waals surface area contributed by atoms with Crippen LogP contribution in [0.2, 0.25) is 5.02 Å². The largest absolute Gasteiger partial charge is 0.384 e. The van der Waals surface area contributed by atoms with Crippen LogP contribution >= 0.6 is 27.5 Å². The molecule has 0 amide bonds. The van der Waals surface area contributed by atoms with Crippen LogP contribution in [0.3, 0.4) is 0 Å². The summed E-state index contributed by atoms with van der Waals surface area (Å²) in [6, 6.07) is 2.10. The van der Waals surface area contributed by atoms with Crippen molar-refractivity contribution in [2.24, 2.45) is 0 Å². The number of hydrogen-bond donors (Lipinski definition) is 1. The third-order valence-corrected chi connectivity index (χ3v) is 3.88. The smallest absolute Gasteiger partial charge is 0.0584 e. The van der Waals surface area contributed by atoms with E-state index >= 15 is 0 Å². The molecular weight excluding hydrogens is 261 g/mol. The second kappa shape index (κ2) is 3.95. The molecule has 1 aromatic carbocycles. The molecule has 0 aliphatic carbocycles. The molecule has 0 aromatic heterocycles. The van der Waals surface area contributed by atoms with E-state index in [0.29, 0.717) is 0 Å². The van der Waals surface area contributed by atoms with Gasteiger partial charge in [0.05, 0.1) is 5.02 Å². The van der Waals surface area contributed by atoms with Gasteiger partial charge in [-0.05, 0) is 40.9 Å². The fourth-order valence-electron chi connectivity index (χ4n) is 1.57. The van der Waals surface area contributed by atoms with Crippen molar-refractivity contribution in [2.75, 3.05) is 11.9 Å². The molecule has 1 nitrogen and oxygen atoms in total. The highest BCUT2D eigenvalue weighted by molar-refractivity contribution is 9.10. The lowest BCUT2D eigenvalue weighted by atomic mass is 10.1. The summed E-state index contributed by atoms with van der Waals surface area (Å²) in [5.74, 6) is 0. The van der Waals surface area contributed by atoms with Crippen LogP contribution in [0.25, 0.3) is 6.08 Å². The van der Waals surface area contributed by atoms with Gasteiger partial charge >= 0.3 is 0 Å². The van der Waals surface area contributed by atoms with Gasteiger partial charge in [0.25, 0.3) is 0 Å². The van der Waals surface area contributed by atoms with Crippen LogP contribution < -0.4 is 5.32 Å². The molecule has 1 aromatic rings. The summed E-state index contributed by atoms with van der Waals surface area (Å²) in [4.78, 5) is 0. The zero-order valence-corrected chi connectivity index (χ0v) is 10.2. The molecule has 2 rings (SSSR count). The Balaban J connectivity index is 2.64. The lowest BCUT2D eigenvalue weighted by molar-refractivity contribution is 1.08. The standard InChI is InChI=1S/C11H11BrClN/c1-7-6-9-8(10(12)11(7)13)4-2-3-5-14-9/h2,4,6,14H,3,5H2,1H3. The van der Waals surface area contributed by atoms with Crippen molar-refractivity contribution in [3.63, 3.8) is 0 Å². The van der Waals surface area contributed by atoms with Gasteiger partial charge in [-0.2, -0.15) is 0 Å². The molecule has 1 aliphatic heterocycles. The van der Waals surface area contributed by atoms with Crippen LogP contribution in [0.15, 0.2) is 16.6 Å². The molecule has 0 unspecified atom stereocenters. The van der Waals surface area contributed by atoms with Gasteiger partial charge in [0, 0.05) is 22.3 Å². The molecule has 1 N–H and O–H groups in total. The lowest BCUT2D eigenvalue weighted by Crippen LogP contribution is -2.00. The molecule has 0 saturated carbocycles. The van der Waals surface area contributed by atoms with Crippen molar-refractivity contribution < 1.29 is 0 Å². The Morgan fingerprint density at radius 3 is 3.07 bits per heavy atom. The maximum absolute atomic E-state index is 6.16. The second-order valence-corrected chi connectivity index (χ2v) is 4.57. The van der Waals surface area contributed by atoms with Crippen LogP contribution in [-0.2, 0) is 0 Å². The third-order valence-electron chi connectivity index (χ3n) is 2.34. The predicted octanol–water partition coefficient (Wildman–Crippen LogP) is 4.24. The molecule has 14 heavy (non-hydrogen) atoms. The van der Waals surface area contributed by atoms with E-state index in [-0.39, 0.29) is 0 Å². The average Bonchev–Trinajstić information content (AvgIpc) is 2.39. The summed E-state index contributed by atoms with van der Waals surface area (Å²) >= 11 is 9.69. The Morgan fingerprint density at radius 2 is 2.29 bits per heavy atom. The highest BCUT2D eigenvalue weighted by Crippen LogP contribution is 2.36. The zero-order chi connectivity index (χ0) is 10.1. The van der Waals surface area contributed by atoms with Gasteiger partial charge in [-0.15, -0.1) is 0 Å². The quantitative estimate of drug-likeness (QED) is 0.745. The van der Waals surface area contributed by atoms with Crippen molar-refractivity contribution in [3.8, 4) is 0 Å². The molecule has 74 valence electrons. The van der Waals surface area contributed by atoms with Gasteiger partial charge in [0.15, 0.2) is 0 Å². The van der Waals surface area contributed by atoms with Crippen LogP contribution in [-0.4, -0.2) is 6.54 Å². The summed E-state index contributed by atoms with van der Waals surface area (Å²) in [5.41, 5.74) is 3.41. The van der Waals surface area contributed by atoms with Gasteiger partial charge in [-0.1, -0.05) is 23.8 Å². The minimum absolute atomic E-state index is 0.803. The van der Waals surface area contributed by atoms with Gasteiger partial charge in [-0.3, -0.25) is 0 Å². The van der Waals surface area contributed by atoms with Crippen LogP contribution in [0.1, 0.15) is 17.5 Å². The van der Waals surface area contributed by atoms with Gasteiger partial charge in [0.1, 0.15) is 0 Å². The number of hydrogen-bond acceptors (Lipinski definition) is 1. The molecule has 0 saturated heterocycles. The van der Waals surface area contributed by atoms with Gasteiger partial charge in [-0.25, -0.2) is 0 Å². The number of aryl methyl sites for hydroxylation is 1. The van der Waals surface area contributed by atoms with Gasteiger partial charge in [0.2, 0.25) is 0 Å². The molecule has 0 bridgehead atoms. The van der Waals surface area contributed by atoms with Crippen molar-refractivity contribution in [3.05, 3.63) is 32.8 Å². The highest BCUT2D eigenvalue weighted by Gasteiger charge is 2.11. The number of fused-ring (bicyclic) bond motifs is 1. The topological polar surface area (TPSA) is 12.0 Å². The second-order valence-electron chi connectivity index (χ2n) is 3.40. The number of rotatable bonds is 0. The normalized spacial score (nSPS) is 14.5. The first-order valence-electron chi connectivity index (χ1n) is 4.59. The molecule has 0 atom stereocenters. The van der Waals surface area contributed by atoms with E-state index < -0.39 is 0 Å². The predicted molar refractivity (Wildman–Crippen MR) is 66.0 cm³/mol. The van der Waals surface area contributed by atoms with Crippen molar-refractivity contribution >= 4 is 39.3 Å². The van der Waals surface area contributed by atoms with Crippen LogP contribution in [0.5, 0.6) is 0 Å². The minimum atomic E-state index is 0.803.